The van der Waals surface area contributed by atoms with E-state index in [9.17, 15) is 19.5 Å². The highest BCUT2D eigenvalue weighted by molar-refractivity contribution is 7.14. The number of aromatic hydroxyl groups is 1. The highest BCUT2D eigenvalue weighted by Gasteiger charge is 2.20. The summed E-state index contributed by atoms with van der Waals surface area (Å²) in [4.78, 5) is 41.8. The van der Waals surface area contributed by atoms with E-state index in [1.54, 1.807) is 11.4 Å². The van der Waals surface area contributed by atoms with Crippen molar-refractivity contribution in [1.82, 2.24) is 15.3 Å². The summed E-state index contributed by atoms with van der Waals surface area (Å²) >= 11 is 1.13. The molecular formula is C18H17N5O5S. The van der Waals surface area contributed by atoms with Gasteiger partial charge in [-0.05, 0) is 17.0 Å². The minimum atomic E-state index is -1.55. The standard InChI is InChI=1S/C18H17N5O5S/c19-8-11(9-4-2-1-3-5-9)21-18(28)20-10-6-7-29-14(10)15-22-12(17(26)27)13(24)16(25)23-15/h1-7,11,24H,8,19H2,(H,26,27)(H2,20,21,28)(H,22,23,25). The smallest absolute Gasteiger partial charge is 0.358 e. The molecule has 0 aliphatic carbocycles. The maximum absolute atomic E-state index is 12.4. The number of carboxylic acid groups (broad SMARTS) is 1. The summed E-state index contributed by atoms with van der Waals surface area (Å²) in [6, 6.07) is 9.83. The summed E-state index contributed by atoms with van der Waals surface area (Å²) in [5, 5.41) is 25.7. The molecule has 1 atom stereocenters. The number of hydrogen-bond donors (Lipinski definition) is 6. The Morgan fingerprint density at radius 2 is 1.97 bits per heavy atom. The number of hydrogen-bond acceptors (Lipinski definition) is 7. The summed E-state index contributed by atoms with van der Waals surface area (Å²) in [5.41, 5.74) is 5.13. The largest absolute Gasteiger partial charge is 0.501 e. The zero-order valence-electron chi connectivity index (χ0n) is 14.9. The first-order chi connectivity index (χ1) is 13.9. The molecule has 2 amide bonds. The third-order valence-corrected chi connectivity index (χ3v) is 4.89. The van der Waals surface area contributed by atoms with Crippen LogP contribution < -0.4 is 21.9 Å². The van der Waals surface area contributed by atoms with Gasteiger partial charge >= 0.3 is 12.0 Å². The van der Waals surface area contributed by atoms with E-state index in [1.165, 1.54) is 0 Å². The lowest BCUT2D eigenvalue weighted by Crippen LogP contribution is -2.36. The Morgan fingerprint density at radius 3 is 2.62 bits per heavy atom. The number of nitrogens with one attached hydrogen (secondary N) is 3. The molecule has 29 heavy (non-hydrogen) atoms. The first-order valence-corrected chi connectivity index (χ1v) is 9.25. The Bertz CT molecular complexity index is 1100. The monoisotopic (exact) mass is 415 g/mol. The molecule has 2 aromatic heterocycles. The van der Waals surface area contributed by atoms with Crippen LogP contribution in [0.2, 0.25) is 0 Å². The second-order valence-electron chi connectivity index (χ2n) is 5.88. The van der Waals surface area contributed by atoms with Gasteiger partial charge in [0.1, 0.15) is 0 Å². The van der Waals surface area contributed by atoms with Gasteiger partial charge in [0.15, 0.2) is 11.5 Å². The number of rotatable bonds is 6. The number of urea groups is 1. The Morgan fingerprint density at radius 1 is 1.24 bits per heavy atom. The van der Waals surface area contributed by atoms with Gasteiger partial charge in [-0.2, -0.15) is 0 Å². The lowest BCUT2D eigenvalue weighted by atomic mass is 10.1. The predicted octanol–water partition coefficient (Wildman–Crippen LogP) is 1.72. The van der Waals surface area contributed by atoms with Gasteiger partial charge in [-0.3, -0.25) is 4.79 Å². The number of amides is 2. The second kappa shape index (κ2) is 8.54. The molecule has 0 aliphatic rings. The van der Waals surface area contributed by atoms with Crippen LogP contribution in [0.15, 0.2) is 46.6 Å². The molecule has 150 valence electrons. The third kappa shape index (κ3) is 4.42. The Hall–Kier alpha value is -3.70. The van der Waals surface area contributed by atoms with Crippen LogP contribution in [0.1, 0.15) is 22.1 Å². The topological polar surface area (TPSA) is 170 Å². The maximum Gasteiger partial charge on any atom is 0.358 e. The van der Waals surface area contributed by atoms with Crippen molar-refractivity contribution in [3.63, 3.8) is 0 Å². The molecule has 1 aromatic carbocycles. The minimum absolute atomic E-state index is 0.0889. The van der Waals surface area contributed by atoms with E-state index < -0.39 is 35.0 Å². The van der Waals surface area contributed by atoms with Crippen molar-refractivity contribution in [2.75, 3.05) is 11.9 Å². The van der Waals surface area contributed by atoms with Crippen molar-refractivity contribution in [3.8, 4) is 16.5 Å². The van der Waals surface area contributed by atoms with E-state index in [0.29, 0.717) is 10.6 Å². The summed E-state index contributed by atoms with van der Waals surface area (Å²) in [7, 11) is 0. The van der Waals surface area contributed by atoms with Gasteiger partial charge in [0.2, 0.25) is 5.75 Å². The molecule has 0 spiro atoms. The first kappa shape index (κ1) is 20.0. The van der Waals surface area contributed by atoms with Crippen molar-refractivity contribution in [2.24, 2.45) is 5.73 Å². The van der Waals surface area contributed by atoms with Crippen molar-refractivity contribution >= 4 is 29.0 Å². The molecule has 1 unspecified atom stereocenters. The molecule has 0 fully saturated rings. The molecule has 0 radical (unpaired) electrons. The van der Waals surface area contributed by atoms with Crippen molar-refractivity contribution in [1.29, 1.82) is 0 Å². The van der Waals surface area contributed by atoms with Crippen molar-refractivity contribution in [3.05, 3.63) is 63.4 Å². The van der Waals surface area contributed by atoms with Gasteiger partial charge in [-0.1, -0.05) is 30.3 Å². The van der Waals surface area contributed by atoms with E-state index in [0.717, 1.165) is 16.9 Å². The number of H-pyrrole nitrogens is 1. The van der Waals surface area contributed by atoms with Gasteiger partial charge in [0, 0.05) is 6.54 Å². The average molecular weight is 415 g/mol. The summed E-state index contributed by atoms with van der Waals surface area (Å²) in [6.07, 6.45) is 0. The van der Waals surface area contributed by atoms with Crippen LogP contribution in [0.3, 0.4) is 0 Å². The van der Waals surface area contributed by atoms with E-state index in [-0.39, 0.29) is 12.4 Å². The van der Waals surface area contributed by atoms with Gasteiger partial charge in [0.25, 0.3) is 5.56 Å². The molecule has 10 nitrogen and oxygen atoms in total. The lowest BCUT2D eigenvalue weighted by Gasteiger charge is -2.17. The van der Waals surface area contributed by atoms with Gasteiger partial charge in [-0.25, -0.2) is 14.6 Å². The summed E-state index contributed by atoms with van der Waals surface area (Å²) in [6.45, 7) is 0.183. The number of thiophene rings is 1. The van der Waals surface area contributed by atoms with E-state index in [2.05, 4.69) is 20.6 Å². The lowest BCUT2D eigenvalue weighted by molar-refractivity contribution is 0.0686. The van der Waals surface area contributed by atoms with Crippen LogP contribution in [-0.4, -0.2) is 38.7 Å². The number of nitrogens with two attached hydrogens (primary N) is 1. The second-order valence-corrected chi connectivity index (χ2v) is 6.79. The molecule has 2 heterocycles. The Kier molecular flexibility index (Phi) is 5.90. The molecule has 3 aromatic rings. The van der Waals surface area contributed by atoms with Crippen LogP contribution in [0.5, 0.6) is 5.75 Å². The number of anilines is 1. The average Bonchev–Trinajstić information content (AvgIpc) is 3.16. The molecule has 0 bridgehead atoms. The highest BCUT2D eigenvalue weighted by Crippen LogP contribution is 2.31. The van der Waals surface area contributed by atoms with E-state index in [4.69, 9.17) is 10.8 Å². The zero-order valence-corrected chi connectivity index (χ0v) is 15.7. The van der Waals surface area contributed by atoms with Crippen LogP contribution in [0, 0.1) is 0 Å². The van der Waals surface area contributed by atoms with Gasteiger partial charge in [-0.15, -0.1) is 11.3 Å². The third-order valence-electron chi connectivity index (χ3n) is 3.97. The van der Waals surface area contributed by atoms with Gasteiger partial charge < -0.3 is 31.6 Å². The van der Waals surface area contributed by atoms with E-state index in [1.807, 2.05) is 30.3 Å². The summed E-state index contributed by atoms with van der Waals surface area (Å²) < 4.78 is 0. The Labute approximate surface area is 168 Å². The molecule has 11 heteroatoms. The number of carboxylic acids is 1. The fourth-order valence-corrected chi connectivity index (χ4v) is 3.39. The first-order valence-electron chi connectivity index (χ1n) is 8.37. The number of carbonyl (C=O) groups is 2. The van der Waals surface area contributed by atoms with Crippen LogP contribution >= 0.6 is 11.3 Å². The molecule has 7 N–H and O–H groups in total. The maximum atomic E-state index is 12.4. The number of aromatic carboxylic acids is 1. The fourth-order valence-electron chi connectivity index (χ4n) is 2.60. The van der Waals surface area contributed by atoms with Crippen LogP contribution in [-0.2, 0) is 0 Å². The molecule has 0 saturated heterocycles. The number of carbonyl (C=O) groups excluding carboxylic acids is 1. The van der Waals surface area contributed by atoms with Crippen molar-refractivity contribution < 1.29 is 19.8 Å². The highest BCUT2D eigenvalue weighted by atomic mass is 32.1. The number of aromatic nitrogens is 2. The minimum Gasteiger partial charge on any atom is -0.501 e. The van der Waals surface area contributed by atoms with Crippen LogP contribution in [0.25, 0.3) is 10.7 Å². The normalized spacial score (nSPS) is 11.6. The summed E-state index contributed by atoms with van der Waals surface area (Å²) in [5.74, 6) is -2.63. The number of benzene rings is 1. The molecule has 0 saturated carbocycles. The zero-order chi connectivity index (χ0) is 21.0. The molecule has 3 rings (SSSR count). The predicted molar refractivity (Wildman–Crippen MR) is 107 cm³/mol. The Balaban J connectivity index is 1.83. The van der Waals surface area contributed by atoms with Crippen molar-refractivity contribution in [2.45, 2.75) is 6.04 Å². The van der Waals surface area contributed by atoms with E-state index >= 15 is 0 Å². The number of nitrogens with zero attached hydrogens (tertiary/aromatic N) is 1. The van der Waals surface area contributed by atoms with Gasteiger partial charge in [0.05, 0.1) is 16.6 Å². The number of aromatic amines is 1. The molecule has 0 aliphatic heterocycles. The fraction of sp³-hybridized carbons (Fsp3) is 0.111. The van der Waals surface area contributed by atoms with Crippen LogP contribution in [0.4, 0.5) is 10.5 Å². The quantitative estimate of drug-likeness (QED) is 0.356. The molecular weight excluding hydrogens is 398 g/mol. The SMILES string of the molecule is NCC(NC(=O)Nc1ccsc1-c1nc(C(=O)O)c(O)c(=O)[nH]1)c1ccccc1.